The molecule has 27 heavy (non-hydrogen) atoms. The standard InChI is InChI=1S/C21H24ClN3O2/c1-21(19(26)23-14-16-6-3-2-4-7-16)12-5-13-25(15-21)20(27)24-18-10-8-17(22)9-11-18/h2-4,6-11H,5,12-15H2,1H3,(H,23,26)(H,24,27)/t21-/m1/s1. The van der Waals surface area contributed by atoms with Crippen LogP contribution in [0.1, 0.15) is 25.3 Å². The molecule has 5 nitrogen and oxygen atoms in total. The highest BCUT2D eigenvalue weighted by molar-refractivity contribution is 6.30. The molecular weight excluding hydrogens is 362 g/mol. The summed E-state index contributed by atoms with van der Waals surface area (Å²) in [6.07, 6.45) is 1.56. The molecule has 3 amide bonds. The van der Waals surface area contributed by atoms with Crippen LogP contribution in [-0.2, 0) is 11.3 Å². The van der Waals surface area contributed by atoms with Gasteiger partial charge in [-0.2, -0.15) is 0 Å². The monoisotopic (exact) mass is 385 g/mol. The molecule has 0 saturated carbocycles. The second kappa shape index (κ2) is 8.44. The first-order valence-electron chi connectivity index (χ1n) is 9.10. The van der Waals surface area contributed by atoms with Crippen LogP contribution in [-0.4, -0.2) is 29.9 Å². The maximum Gasteiger partial charge on any atom is 0.321 e. The summed E-state index contributed by atoms with van der Waals surface area (Å²) in [5.74, 6) is -0.0182. The fourth-order valence-electron chi connectivity index (χ4n) is 3.33. The lowest BCUT2D eigenvalue weighted by Crippen LogP contribution is -2.52. The lowest BCUT2D eigenvalue weighted by molar-refractivity contribution is -0.132. The zero-order valence-corrected chi connectivity index (χ0v) is 16.1. The molecule has 6 heteroatoms. The number of piperidine rings is 1. The molecule has 0 bridgehead atoms. The van der Waals surface area contributed by atoms with E-state index in [1.54, 1.807) is 29.2 Å². The Kier molecular flexibility index (Phi) is 6.01. The van der Waals surface area contributed by atoms with Crippen LogP contribution in [0, 0.1) is 5.41 Å². The zero-order valence-electron chi connectivity index (χ0n) is 15.4. The van der Waals surface area contributed by atoms with E-state index in [0.29, 0.717) is 30.3 Å². The molecule has 1 aliphatic heterocycles. The van der Waals surface area contributed by atoms with Gasteiger partial charge in [0.05, 0.1) is 5.41 Å². The van der Waals surface area contributed by atoms with Crippen molar-refractivity contribution in [1.82, 2.24) is 10.2 Å². The minimum absolute atomic E-state index is 0.0182. The van der Waals surface area contributed by atoms with Crippen molar-refractivity contribution >= 4 is 29.2 Å². The third-order valence-corrected chi connectivity index (χ3v) is 5.18. The number of halogens is 1. The average molecular weight is 386 g/mol. The van der Waals surface area contributed by atoms with Gasteiger partial charge in [-0.05, 0) is 49.6 Å². The van der Waals surface area contributed by atoms with E-state index in [1.165, 1.54) is 0 Å². The van der Waals surface area contributed by atoms with E-state index in [1.807, 2.05) is 37.3 Å². The van der Waals surface area contributed by atoms with E-state index in [9.17, 15) is 9.59 Å². The molecular formula is C21H24ClN3O2. The number of hydrogen-bond acceptors (Lipinski definition) is 2. The number of urea groups is 1. The van der Waals surface area contributed by atoms with Gasteiger partial charge in [0.15, 0.2) is 0 Å². The molecule has 142 valence electrons. The van der Waals surface area contributed by atoms with Crippen molar-refractivity contribution in [2.75, 3.05) is 18.4 Å². The summed E-state index contributed by atoms with van der Waals surface area (Å²) < 4.78 is 0. The van der Waals surface area contributed by atoms with Gasteiger partial charge in [-0.15, -0.1) is 0 Å². The Hall–Kier alpha value is -2.53. The molecule has 0 unspecified atom stereocenters. The highest BCUT2D eigenvalue weighted by Crippen LogP contribution is 2.30. The Morgan fingerprint density at radius 1 is 1.11 bits per heavy atom. The van der Waals surface area contributed by atoms with E-state index in [-0.39, 0.29) is 11.9 Å². The van der Waals surface area contributed by atoms with E-state index >= 15 is 0 Å². The third kappa shape index (κ3) is 5.01. The van der Waals surface area contributed by atoms with Crippen molar-refractivity contribution in [3.63, 3.8) is 0 Å². The molecule has 1 aliphatic rings. The smallest absolute Gasteiger partial charge is 0.321 e. The molecule has 2 aromatic rings. The van der Waals surface area contributed by atoms with Crippen molar-refractivity contribution < 1.29 is 9.59 Å². The minimum atomic E-state index is -0.593. The normalized spacial score (nSPS) is 19.4. The Labute approximate surface area is 164 Å². The number of carbonyl (C=O) groups is 2. The molecule has 2 aromatic carbocycles. The van der Waals surface area contributed by atoms with Crippen molar-refractivity contribution in [3.05, 3.63) is 65.2 Å². The van der Waals surface area contributed by atoms with Gasteiger partial charge in [-0.1, -0.05) is 41.9 Å². The Balaban J connectivity index is 1.58. The Morgan fingerprint density at radius 3 is 2.52 bits per heavy atom. The topological polar surface area (TPSA) is 61.4 Å². The number of anilines is 1. The Morgan fingerprint density at radius 2 is 1.81 bits per heavy atom. The average Bonchev–Trinajstić information content (AvgIpc) is 2.68. The molecule has 0 aliphatic carbocycles. The summed E-state index contributed by atoms with van der Waals surface area (Å²) in [5.41, 5.74) is 1.15. The van der Waals surface area contributed by atoms with Crippen LogP contribution in [0.15, 0.2) is 54.6 Å². The second-order valence-electron chi connectivity index (χ2n) is 7.19. The largest absolute Gasteiger partial charge is 0.351 e. The van der Waals surface area contributed by atoms with Crippen LogP contribution in [0.25, 0.3) is 0 Å². The van der Waals surface area contributed by atoms with Gasteiger partial charge in [-0.3, -0.25) is 4.79 Å². The minimum Gasteiger partial charge on any atom is -0.351 e. The molecule has 1 saturated heterocycles. The van der Waals surface area contributed by atoms with E-state index in [2.05, 4.69) is 10.6 Å². The van der Waals surface area contributed by atoms with Gasteiger partial charge in [0.25, 0.3) is 0 Å². The SMILES string of the molecule is C[C@@]1(C(=O)NCc2ccccc2)CCCN(C(=O)Nc2ccc(Cl)cc2)C1. The fraction of sp³-hybridized carbons (Fsp3) is 0.333. The summed E-state index contributed by atoms with van der Waals surface area (Å²) in [6.45, 7) is 3.45. The number of carbonyl (C=O) groups excluding carboxylic acids is 2. The van der Waals surface area contributed by atoms with Gasteiger partial charge in [0.2, 0.25) is 5.91 Å². The maximum atomic E-state index is 12.8. The van der Waals surface area contributed by atoms with Crippen LogP contribution in [0.4, 0.5) is 10.5 Å². The zero-order chi connectivity index (χ0) is 19.3. The molecule has 1 heterocycles. The van der Waals surface area contributed by atoms with E-state index in [4.69, 9.17) is 11.6 Å². The summed E-state index contributed by atoms with van der Waals surface area (Å²) in [6, 6.07) is 16.6. The number of rotatable bonds is 4. The summed E-state index contributed by atoms with van der Waals surface area (Å²) in [5, 5.41) is 6.50. The Bertz CT molecular complexity index is 795. The lowest BCUT2D eigenvalue weighted by Gasteiger charge is -2.39. The predicted molar refractivity (Wildman–Crippen MR) is 108 cm³/mol. The first-order chi connectivity index (χ1) is 13.0. The fourth-order valence-corrected chi connectivity index (χ4v) is 3.45. The number of nitrogens with one attached hydrogen (secondary N) is 2. The summed E-state index contributed by atoms with van der Waals surface area (Å²) in [7, 11) is 0. The van der Waals surface area contributed by atoms with Crippen LogP contribution in [0.5, 0.6) is 0 Å². The maximum absolute atomic E-state index is 12.8. The van der Waals surface area contributed by atoms with Crippen LogP contribution < -0.4 is 10.6 Å². The number of likely N-dealkylation sites (tertiary alicyclic amines) is 1. The predicted octanol–water partition coefficient (Wildman–Crippen LogP) is 4.29. The number of benzene rings is 2. The number of amides is 3. The quantitative estimate of drug-likeness (QED) is 0.824. The van der Waals surface area contributed by atoms with Crippen LogP contribution in [0.2, 0.25) is 5.02 Å². The molecule has 1 fully saturated rings. The molecule has 0 aromatic heterocycles. The van der Waals surface area contributed by atoms with Gasteiger partial charge < -0.3 is 15.5 Å². The van der Waals surface area contributed by atoms with Gasteiger partial charge in [0.1, 0.15) is 0 Å². The van der Waals surface area contributed by atoms with Gasteiger partial charge in [-0.25, -0.2) is 4.79 Å². The number of hydrogen-bond donors (Lipinski definition) is 2. The molecule has 1 atom stereocenters. The molecule has 0 radical (unpaired) electrons. The first kappa shape index (κ1) is 19.2. The first-order valence-corrected chi connectivity index (χ1v) is 9.48. The molecule has 2 N–H and O–H groups in total. The van der Waals surface area contributed by atoms with Crippen molar-refractivity contribution in [1.29, 1.82) is 0 Å². The second-order valence-corrected chi connectivity index (χ2v) is 7.63. The van der Waals surface area contributed by atoms with E-state index in [0.717, 1.165) is 18.4 Å². The summed E-state index contributed by atoms with van der Waals surface area (Å²) in [4.78, 5) is 27.1. The van der Waals surface area contributed by atoms with Crippen LogP contribution in [0.3, 0.4) is 0 Å². The van der Waals surface area contributed by atoms with E-state index < -0.39 is 5.41 Å². The van der Waals surface area contributed by atoms with Crippen molar-refractivity contribution in [3.8, 4) is 0 Å². The van der Waals surface area contributed by atoms with Crippen LogP contribution >= 0.6 is 11.6 Å². The third-order valence-electron chi connectivity index (χ3n) is 4.92. The lowest BCUT2D eigenvalue weighted by atomic mass is 9.81. The summed E-state index contributed by atoms with van der Waals surface area (Å²) >= 11 is 5.88. The van der Waals surface area contributed by atoms with Crippen molar-refractivity contribution in [2.24, 2.45) is 5.41 Å². The van der Waals surface area contributed by atoms with Gasteiger partial charge >= 0.3 is 6.03 Å². The van der Waals surface area contributed by atoms with Crippen molar-refractivity contribution in [2.45, 2.75) is 26.3 Å². The molecule has 0 spiro atoms. The van der Waals surface area contributed by atoms with Gasteiger partial charge in [0, 0.05) is 30.3 Å². The number of nitrogens with zero attached hydrogens (tertiary/aromatic N) is 1. The highest BCUT2D eigenvalue weighted by Gasteiger charge is 2.39. The highest BCUT2D eigenvalue weighted by atomic mass is 35.5. The molecule has 3 rings (SSSR count).